The first-order chi connectivity index (χ1) is 40.6. The maximum Gasteiger partial charge on any atom is 0.335 e. The van der Waals surface area contributed by atoms with Crippen LogP contribution < -0.4 is 0 Å². The molecule has 0 aromatic carbocycles. The number of rotatable bonds is 54. The Morgan fingerprint density at radius 2 is 0.783 bits per heavy atom. The predicted octanol–water partition coefficient (Wildman–Crippen LogP) is 17.6. The van der Waals surface area contributed by atoms with Crippen molar-refractivity contribution < 1.29 is 58.2 Å². The molecule has 0 aromatic heterocycles. The Balaban J connectivity index is 2.71. The van der Waals surface area contributed by atoms with Crippen LogP contribution in [0.4, 0.5) is 0 Å². The Kier molecular flexibility index (Phi) is 52.8. The molecular weight excluding hydrogens is 1040 g/mol. The van der Waals surface area contributed by atoms with E-state index < -0.39 is 67.3 Å². The first-order valence-electron chi connectivity index (χ1n) is 32.5. The van der Waals surface area contributed by atoms with Crippen LogP contribution in [0.3, 0.4) is 0 Å². The summed E-state index contributed by atoms with van der Waals surface area (Å²) in [5, 5.41) is 31.6. The second kappa shape index (κ2) is 57.5. The number of carbonyl (C=O) groups is 4. The van der Waals surface area contributed by atoms with Crippen LogP contribution in [0.25, 0.3) is 0 Å². The Hall–Kier alpha value is -4.88. The number of aliphatic carboxylic acids is 1. The molecule has 470 valence electrons. The van der Waals surface area contributed by atoms with Gasteiger partial charge in [-0.05, 0) is 116 Å². The third kappa shape index (κ3) is 47.1. The zero-order valence-electron chi connectivity index (χ0n) is 51.9. The second-order valence-electron chi connectivity index (χ2n) is 21.6. The van der Waals surface area contributed by atoms with Crippen LogP contribution in [-0.2, 0) is 42.9 Å². The van der Waals surface area contributed by atoms with Crippen molar-refractivity contribution in [3.63, 3.8) is 0 Å². The summed E-state index contributed by atoms with van der Waals surface area (Å²) in [6.07, 6.45) is 67.4. The highest BCUT2D eigenvalue weighted by Crippen LogP contribution is 2.26. The highest BCUT2D eigenvalue weighted by atomic mass is 16.7. The summed E-state index contributed by atoms with van der Waals surface area (Å²) >= 11 is 0. The third-order valence-electron chi connectivity index (χ3n) is 14.0. The number of ether oxygens (including phenoxy) is 5. The quantitative estimate of drug-likeness (QED) is 0.0228. The molecule has 1 aliphatic heterocycles. The zero-order chi connectivity index (χ0) is 60.3. The van der Waals surface area contributed by atoms with Crippen LogP contribution in [-0.4, -0.2) is 89.2 Å². The van der Waals surface area contributed by atoms with Crippen LogP contribution in [0.2, 0.25) is 0 Å². The largest absolute Gasteiger partial charge is 0.479 e. The molecule has 1 saturated heterocycles. The van der Waals surface area contributed by atoms with E-state index in [1.165, 1.54) is 70.6 Å². The third-order valence-corrected chi connectivity index (χ3v) is 14.0. The molecule has 0 saturated carbocycles. The van der Waals surface area contributed by atoms with E-state index in [1.807, 2.05) is 12.2 Å². The number of carbonyl (C=O) groups excluding carboxylic acids is 3. The Labute approximate surface area is 503 Å². The minimum atomic E-state index is -1.92. The van der Waals surface area contributed by atoms with Gasteiger partial charge in [0.25, 0.3) is 0 Å². The fourth-order valence-corrected chi connectivity index (χ4v) is 9.11. The van der Waals surface area contributed by atoms with Crippen molar-refractivity contribution in [3.05, 3.63) is 122 Å². The topological polar surface area (TPSA) is 175 Å². The number of carboxylic acids is 1. The van der Waals surface area contributed by atoms with Gasteiger partial charge in [-0.25, -0.2) is 4.79 Å². The van der Waals surface area contributed by atoms with Gasteiger partial charge < -0.3 is 39.0 Å². The SMILES string of the molecule is CC/C=C\C/C=C\C/C=C\C/C=C\C/C=C\C/C=C\CCC(=O)OCC(COC1OC(C(=O)O)C(O)C(O)C1OC(=O)CCCCCCCCCCC/C=C\CCCCCCCC)OC(=O)CCCCCCC/C=C\C/C=C\C/C=C\CC. The number of aliphatic hydroxyl groups excluding tert-OH is 2. The van der Waals surface area contributed by atoms with E-state index in [0.29, 0.717) is 19.3 Å². The number of hydrogen-bond donors (Lipinski definition) is 3. The van der Waals surface area contributed by atoms with E-state index in [9.17, 15) is 34.5 Å². The van der Waals surface area contributed by atoms with Gasteiger partial charge in [-0.15, -0.1) is 0 Å². The lowest BCUT2D eigenvalue weighted by molar-refractivity contribution is -0.301. The molecule has 0 spiro atoms. The number of aliphatic hydroxyl groups is 2. The zero-order valence-corrected chi connectivity index (χ0v) is 51.9. The smallest absolute Gasteiger partial charge is 0.335 e. The monoisotopic (exact) mass is 1160 g/mol. The predicted molar refractivity (Wildman–Crippen MR) is 340 cm³/mol. The van der Waals surface area contributed by atoms with Crippen LogP contribution in [0.5, 0.6) is 0 Å². The molecule has 83 heavy (non-hydrogen) atoms. The Morgan fingerprint density at radius 1 is 0.410 bits per heavy atom. The van der Waals surface area contributed by atoms with Gasteiger partial charge in [0.1, 0.15) is 18.8 Å². The molecule has 0 aliphatic carbocycles. The van der Waals surface area contributed by atoms with Gasteiger partial charge in [0.2, 0.25) is 0 Å². The second-order valence-corrected chi connectivity index (χ2v) is 21.6. The normalized spacial score (nSPS) is 18.4. The van der Waals surface area contributed by atoms with E-state index in [0.717, 1.165) is 122 Å². The van der Waals surface area contributed by atoms with Gasteiger partial charge in [0, 0.05) is 19.3 Å². The molecule has 6 unspecified atom stereocenters. The van der Waals surface area contributed by atoms with E-state index in [-0.39, 0.29) is 25.9 Å². The molecule has 1 aliphatic rings. The summed E-state index contributed by atoms with van der Waals surface area (Å²) in [5.74, 6) is -3.26. The summed E-state index contributed by atoms with van der Waals surface area (Å²) in [4.78, 5) is 51.3. The van der Waals surface area contributed by atoms with Crippen LogP contribution in [0.1, 0.15) is 252 Å². The Bertz CT molecular complexity index is 1900. The van der Waals surface area contributed by atoms with Gasteiger partial charge in [-0.2, -0.15) is 0 Å². The summed E-state index contributed by atoms with van der Waals surface area (Å²) in [5.41, 5.74) is 0. The van der Waals surface area contributed by atoms with Gasteiger partial charge in [-0.3, -0.25) is 14.4 Å². The van der Waals surface area contributed by atoms with Crippen molar-refractivity contribution in [2.24, 2.45) is 0 Å². The maximum atomic E-state index is 13.2. The molecule has 1 heterocycles. The minimum absolute atomic E-state index is 0.0437. The standard InChI is InChI=1S/C71H114O12/c1-4-7-10-13-16-19-22-25-28-30-32-34-37-39-42-45-48-51-54-57-63(72)79-60-62(81-64(73)58-55-52-49-46-43-40-36-27-24-21-18-15-12-9-6-3)61-80-71-69(67(76)66(75)68(83-71)70(77)78)82-65(74)59-56-53-50-47-44-41-38-35-33-31-29-26-23-20-17-14-11-8-5-2/h7,9-10,12,16,18-19,21,25-29,32,34,36,39,42,48,51,62,66-69,71,75-76H,4-6,8,11,13-15,17,20,22-24,30-31,33,35,37-38,40-41,43-47,49-50,52-61H2,1-3H3,(H,77,78)/b10-7-,12-9-,19-16-,21-18-,28-25-,29-26-,34-32-,36-27-,42-39-,51-48-. The van der Waals surface area contributed by atoms with Gasteiger partial charge in [0.15, 0.2) is 24.6 Å². The first kappa shape index (κ1) is 76.1. The minimum Gasteiger partial charge on any atom is -0.479 e. The highest BCUT2D eigenvalue weighted by molar-refractivity contribution is 5.74. The molecule has 1 fully saturated rings. The lowest BCUT2D eigenvalue weighted by Gasteiger charge is -2.40. The van der Waals surface area contributed by atoms with E-state index >= 15 is 0 Å². The molecule has 0 amide bonds. The van der Waals surface area contributed by atoms with E-state index in [1.54, 1.807) is 0 Å². The van der Waals surface area contributed by atoms with Crippen molar-refractivity contribution in [2.45, 2.75) is 289 Å². The van der Waals surface area contributed by atoms with Crippen LogP contribution >= 0.6 is 0 Å². The summed E-state index contributed by atoms with van der Waals surface area (Å²) in [7, 11) is 0. The number of carboxylic acid groups (broad SMARTS) is 1. The molecule has 6 atom stereocenters. The molecular formula is C71H114O12. The van der Waals surface area contributed by atoms with Crippen molar-refractivity contribution in [1.82, 2.24) is 0 Å². The van der Waals surface area contributed by atoms with E-state index in [2.05, 4.69) is 130 Å². The fraction of sp³-hybridized carbons (Fsp3) is 0.662. The lowest BCUT2D eigenvalue weighted by Crippen LogP contribution is -2.61. The molecule has 0 aromatic rings. The highest BCUT2D eigenvalue weighted by Gasteiger charge is 2.50. The van der Waals surface area contributed by atoms with Crippen LogP contribution in [0.15, 0.2) is 122 Å². The summed E-state index contributed by atoms with van der Waals surface area (Å²) < 4.78 is 28.4. The molecule has 12 nitrogen and oxygen atoms in total. The number of allylic oxidation sites excluding steroid dienone is 20. The first-order valence-corrected chi connectivity index (χ1v) is 32.5. The number of esters is 3. The van der Waals surface area contributed by atoms with Crippen molar-refractivity contribution in [3.8, 4) is 0 Å². The number of unbranched alkanes of at least 4 members (excludes halogenated alkanes) is 20. The summed E-state index contributed by atoms with van der Waals surface area (Å²) in [6.45, 7) is 5.70. The number of hydrogen-bond acceptors (Lipinski definition) is 11. The van der Waals surface area contributed by atoms with Crippen molar-refractivity contribution in [1.29, 1.82) is 0 Å². The molecule has 12 heteroatoms. The van der Waals surface area contributed by atoms with Crippen LogP contribution in [0, 0.1) is 0 Å². The van der Waals surface area contributed by atoms with Gasteiger partial charge >= 0.3 is 23.9 Å². The van der Waals surface area contributed by atoms with Gasteiger partial charge in [-0.1, -0.05) is 239 Å². The lowest BCUT2D eigenvalue weighted by atomic mass is 9.98. The van der Waals surface area contributed by atoms with E-state index in [4.69, 9.17) is 23.7 Å². The van der Waals surface area contributed by atoms with Crippen molar-refractivity contribution in [2.75, 3.05) is 13.2 Å². The Morgan fingerprint density at radius 3 is 1.22 bits per heavy atom. The molecule has 3 N–H and O–H groups in total. The maximum absolute atomic E-state index is 13.2. The molecule has 0 bridgehead atoms. The average molecular weight is 1160 g/mol. The van der Waals surface area contributed by atoms with Gasteiger partial charge in [0.05, 0.1) is 6.61 Å². The van der Waals surface area contributed by atoms with Crippen molar-refractivity contribution >= 4 is 23.9 Å². The molecule has 0 radical (unpaired) electrons. The fourth-order valence-electron chi connectivity index (χ4n) is 9.11. The molecule has 1 rings (SSSR count). The average Bonchev–Trinajstić information content (AvgIpc) is 3.57. The summed E-state index contributed by atoms with van der Waals surface area (Å²) in [6, 6.07) is 0.